The first-order valence-corrected chi connectivity index (χ1v) is 3.82. The van der Waals surface area contributed by atoms with Crippen LogP contribution in [0, 0.1) is 6.08 Å². The van der Waals surface area contributed by atoms with Gasteiger partial charge in [0.2, 0.25) is 0 Å². The van der Waals surface area contributed by atoms with E-state index < -0.39 is 0 Å². The van der Waals surface area contributed by atoms with Crippen LogP contribution in [0.15, 0.2) is 17.1 Å². The van der Waals surface area contributed by atoms with Crippen LogP contribution in [0.4, 0.5) is 0 Å². The van der Waals surface area contributed by atoms with E-state index in [2.05, 4.69) is 25.2 Å². The molecule has 1 aliphatic carbocycles. The van der Waals surface area contributed by atoms with E-state index in [9.17, 15) is 0 Å². The summed E-state index contributed by atoms with van der Waals surface area (Å²) >= 11 is 1.86. The molecule has 0 aromatic heterocycles. The molecule has 0 spiro atoms. The second-order valence-electron chi connectivity index (χ2n) is 1.58. The minimum absolute atomic E-state index is 0. The fourth-order valence-electron chi connectivity index (χ4n) is 0.639. The van der Waals surface area contributed by atoms with Crippen molar-refractivity contribution in [2.24, 2.45) is 0 Å². The van der Waals surface area contributed by atoms with Crippen LogP contribution in [0.25, 0.3) is 0 Å². The van der Waals surface area contributed by atoms with Gasteiger partial charge in [-0.25, -0.2) is 6.08 Å². The maximum absolute atomic E-state index is 3.23. The van der Waals surface area contributed by atoms with E-state index in [1.54, 1.807) is 0 Å². The molecule has 0 aromatic carbocycles. The van der Waals surface area contributed by atoms with E-state index in [4.69, 9.17) is 0 Å². The van der Waals surface area contributed by atoms with E-state index in [-0.39, 0.29) is 46.5 Å². The Morgan fingerprint density at radius 2 is 2.18 bits per heavy atom. The van der Waals surface area contributed by atoms with Gasteiger partial charge in [0.1, 0.15) is 0 Å². The Bertz CT molecular complexity index is 134. The summed E-state index contributed by atoms with van der Waals surface area (Å²) in [5.74, 6) is 1.16. The van der Waals surface area contributed by atoms with Crippen LogP contribution in [0.5, 0.6) is 0 Å². The summed E-state index contributed by atoms with van der Waals surface area (Å²) in [5.41, 5.74) is 0. The predicted molar refractivity (Wildman–Crippen MR) is 53.1 cm³/mol. The Balaban J connectivity index is -0.000000213. The molecule has 0 nitrogen and oxygen atoms in total. The van der Waals surface area contributed by atoms with E-state index >= 15 is 0 Å². The van der Waals surface area contributed by atoms with Gasteiger partial charge in [-0.3, -0.25) is 6.08 Å². The maximum atomic E-state index is 3.23. The van der Waals surface area contributed by atoms with Gasteiger partial charge in [-0.2, -0.15) is 22.7 Å². The average Bonchev–Trinajstić information content (AvgIpc) is 2.19. The van der Waals surface area contributed by atoms with Crippen molar-refractivity contribution in [2.45, 2.75) is 13.3 Å². The summed E-state index contributed by atoms with van der Waals surface area (Å²) in [5, 5.41) is 0. The monoisotopic (exact) mass is 245 g/mol. The van der Waals surface area contributed by atoms with Crippen molar-refractivity contribution in [2.75, 3.05) is 5.75 Å². The molecule has 0 bridgehead atoms. The first-order valence-electron chi connectivity index (χ1n) is 2.83. The van der Waals surface area contributed by atoms with E-state index in [1.807, 2.05) is 11.8 Å². The van der Waals surface area contributed by atoms with Gasteiger partial charge in [-0.15, -0.1) is 31.2 Å². The summed E-state index contributed by atoms with van der Waals surface area (Å²) in [6.07, 6.45) is 8.51. The zero-order valence-electron chi connectivity index (χ0n) is 6.29. The van der Waals surface area contributed by atoms with Crippen molar-refractivity contribution < 1.29 is 21.7 Å². The fourth-order valence-corrected chi connectivity index (χ4v) is 1.33. The molecule has 0 atom stereocenters. The topological polar surface area (TPSA) is 0 Å². The van der Waals surface area contributed by atoms with E-state index in [1.165, 1.54) is 4.91 Å². The molecule has 0 saturated carbocycles. The van der Waals surface area contributed by atoms with Gasteiger partial charge in [-0.1, -0.05) is 6.92 Å². The van der Waals surface area contributed by atoms with Gasteiger partial charge in [0.15, 0.2) is 0 Å². The van der Waals surface area contributed by atoms with Crippen LogP contribution in [0.2, 0.25) is 0 Å². The summed E-state index contributed by atoms with van der Waals surface area (Å²) in [6, 6.07) is 0. The van der Waals surface area contributed by atoms with Crippen LogP contribution >= 0.6 is 36.6 Å². The van der Waals surface area contributed by atoms with Crippen LogP contribution in [0.3, 0.4) is 0 Å². The number of hydrogen-bond acceptors (Lipinski definition) is 1. The van der Waals surface area contributed by atoms with Crippen molar-refractivity contribution >= 4 is 36.6 Å². The molecule has 0 amide bonds. The largest absolute Gasteiger partial charge is 0.259 e. The molecule has 64 valence electrons. The minimum Gasteiger partial charge on any atom is -0.259 e. The summed E-state index contributed by atoms with van der Waals surface area (Å²) < 4.78 is 0. The normalized spacial score (nSPS) is 12.3. The third-order valence-electron chi connectivity index (χ3n) is 0.963. The second-order valence-corrected chi connectivity index (χ2v) is 2.89. The molecule has 0 aromatic rings. The fraction of sp³-hybridized carbons (Fsp3) is 0.429. The van der Waals surface area contributed by atoms with Gasteiger partial charge in [0.05, 0.1) is 0 Å². The molecule has 4 heteroatoms. The van der Waals surface area contributed by atoms with Gasteiger partial charge >= 0.3 is 0 Å². The molecular formula is C7H11Cl2STi-. The summed E-state index contributed by atoms with van der Waals surface area (Å²) in [7, 11) is 0. The van der Waals surface area contributed by atoms with Crippen LogP contribution in [-0.2, 0) is 21.7 Å². The average molecular weight is 246 g/mol. The Kier molecular flexibility index (Phi) is 18.2. The molecular weight excluding hydrogens is 235 g/mol. The predicted octanol–water partition coefficient (Wildman–Crippen LogP) is 3.23. The smallest absolute Gasteiger partial charge is 0 e. The van der Waals surface area contributed by atoms with Crippen molar-refractivity contribution in [3.8, 4) is 0 Å². The Morgan fingerprint density at radius 3 is 2.55 bits per heavy atom. The van der Waals surface area contributed by atoms with Crippen molar-refractivity contribution in [1.29, 1.82) is 0 Å². The van der Waals surface area contributed by atoms with Crippen LogP contribution in [0.1, 0.15) is 13.3 Å². The zero-order chi connectivity index (χ0) is 5.82. The molecule has 1 rings (SSSR count). The SMILES string of the molecule is CCSC1=[C-]CC=C1.Cl.Cl.[Ti]. The summed E-state index contributed by atoms with van der Waals surface area (Å²) in [4.78, 5) is 1.31. The molecule has 1 aliphatic rings. The second kappa shape index (κ2) is 11.1. The van der Waals surface area contributed by atoms with E-state index in [0.717, 1.165) is 12.2 Å². The molecule has 0 aliphatic heterocycles. The first-order chi connectivity index (χ1) is 3.93. The number of thioether (sulfide) groups is 1. The number of allylic oxidation sites excluding steroid dienone is 3. The molecule has 0 N–H and O–H groups in total. The van der Waals surface area contributed by atoms with Crippen molar-refractivity contribution in [3.63, 3.8) is 0 Å². The number of rotatable bonds is 2. The molecule has 0 radical (unpaired) electrons. The summed E-state index contributed by atoms with van der Waals surface area (Å²) in [6.45, 7) is 2.16. The molecule has 0 saturated heterocycles. The standard InChI is InChI=1S/C7H9S.2ClH.Ti/c1-2-8-7-5-3-4-6-7;;;/h3,5H,2,4H2,1H3;2*1H;/q-1;;;. The Morgan fingerprint density at radius 1 is 1.55 bits per heavy atom. The van der Waals surface area contributed by atoms with Crippen molar-refractivity contribution in [1.82, 2.24) is 0 Å². The van der Waals surface area contributed by atoms with E-state index in [0.29, 0.717) is 0 Å². The van der Waals surface area contributed by atoms with Crippen LogP contribution in [-0.4, -0.2) is 5.75 Å². The molecule has 0 heterocycles. The van der Waals surface area contributed by atoms with Gasteiger partial charge < -0.3 is 0 Å². The Labute approximate surface area is 100.0 Å². The maximum Gasteiger partial charge on any atom is 0 e. The first kappa shape index (κ1) is 18.0. The van der Waals surface area contributed by atoms with Crippen LogP contribution < -0.4 is 0 Å². The minimum atomic E-state index is 0. The van der Waals surface area contributed by atoms with Crippen molar-refractivity contribution in [3.05, 3.63) is 23.1 Å². The molecule has 0 unspecified atom stereocenters. The number of halogens is 2. The Hall–Kier alpha value is 1.12. The van der Waals surface area contributed by atoms with Gasteiger partial charge in [0.25, 0.3) is 0 Å². The quantitative estimate of drug-likeness (QED) is 0.532. The van der Waals surface area contributed by atoms with Gasteiger partial charge in [-0.05, 0) is 5.75 Å². The third kappa shape index (κ3) is 7.48. The number of hydrogen-bond donors (Lipinski definition) is 0. The third-order valence-corrected chi connectivity index (χ3v) is 1.84. The zero-order valence-corrected chi connectivity index (χ0v) is 10.3. The molecule has 0 fully saturated rings. The van der Waals surface area contributed by atoms with Gasteiger partial charge in [0, 0.05) is 21.7 Å². The molecule has 11 heavy (non-hydrogen) atoms.